The first-order valence-electron chi connectivity index (χ1n) is 13.4. The molecule has 4 aromatic rings. The third kappa shape index (κ3) is 5.93. The zero-order valence-corrected chi connectivity index (χ0v) is 24.3. The summed E-state index contributed by atoms with van der Waals surface area (Å²) in [6.45, 7) is 6.76. The first kappa shape index (κ1) is 27.9. The number of carbonyl (C=O) groups excluding carboxylic acids is 2. The van der Waals surface area contributed by atoms with Crippen molar-refractivity contribution < 1.29 is 19.1 Å². The van der Waals surface area contributed by atoms with Gasteiger partial charge in [0.1, 0.15) is 10.6 Å². The molecule has 0 saturated heterocycles. The second-order valence-electron chi connectivity index (χ2n) is 9.63. The number of nitrogens with one attached hydrogen (secondary N) is 1. The first-order chi connectivity index (χ1) is 19.4. The number of carbonyl (C=O) groups is 2. The molecule has 0 aliphatic heterocycles. The van der Waals surface area contributed by atoms with Crippen LogP contribution in [0.1, 0.15) is 48.0 Å². The number of hydrogen-bond donors (Lipinski definition) is 1. The fraction of sp³-hybridized carbons (Fsp3) is 0.333. The van der Waals surface area contributed by atoms with Crippen LogP contribution in [0.2, 0.25) is 0 Å². The van der Waals surface area contributed by atoms with Crippen LogP contribution in [0.5, 0.6) is 5.75 Å². The molecule has 5 rings (SSSR count). The summed E-state index contributed by atoms with van der Waals surface area (Å²) in [5.74, 6) is 0.697. The number of benzene rings is 2. The highest BCUT2D eigenvalue weighted by molar-refractivity contribution is 7.99. The average Bonchev–Trinajstić information content (AvgIpc) is 3.31. The molecule has 0 saturated carbocycles. The van der Waals surface area contributed by atoms with Crippen LogP contribution in [0.25, 0.3) is 15.9 Å². The van der Waals surface area contributed by atoms with Crippen LogP contribution in [-0.2, 0) is 22.4 Å². The van der Waals surface area contributed by atoms with Gasteiger partial charge in [-0.3, -0.25) is 14.2 Å². The van der Waals surface area contributed by atoms with E-state index in [4.69, 9.17) is 14.5 Å². The van der Waals surface area contributed by atoms with Gasteiger partial charge in [0, 0.05) is 10.6 Å². The van der Waals surface area contributed by atoms with E-state index in [1.54, 1.807) is 47.1 Å². The predicted molar refractivity (Wildman–Crippen MR) is 159 cm³/mol. The van der Waals surface area contributed by atoms with Crippen LogP contribution in [0.3, 0.4) is 0 Å². The van der Waals surface area contributed by atoms with Crippen LogP contribution in [-0.4, -0.2) is 40.4 Å². The maximum Gasteiger partial charge on any atom is 0.338 e. The number of thiophene rings is 1. The van der Waals surface area contributed by atoms with Crippen molar-refractivity contribution in [3.63, 3.8) is 0 Å². The summed E-state index contributed by atoms with van der Waals surface area (Å²) in [6.07, 6.45) is 2.89. The minimum Gasteiger partial charge on any atom is -0.494 e. The molecule has 1 unspecified atom stereocenters. The van der Waals surface area contributed by atoms with E-state index >= 15 is 0 Å². The molecule has 1 atom stereocenters. The molecule has 1 aliphatic rings. The van der Waals surface area contributed by atoms with Gasteiger partial charge in [0.15, 0.2) is 5.16 Å². The Bertz CT molecular complexity index is 1590. The van der Waals surface area contributed by atoms with Gasteiger partial charge in [-0.2, -0.15) is 0 Å². The van der Waals surface area contributed by atoms with E-state index in [9.17, 15) is 14.4 Å². The topological polar surface area (TPSA) is 99.5 Å². The number of thioether (sulfide) groups is 1. The van der Waals surface area contributed by atoms with Gasteiger partial charge in [-0.1, -0.05) is 18.7 Å². The summed E-state index contributed by atoms with van der Waals surface area (Å²) >= 11 is 2.81. The van der Waals surface area contributed by atoms with E-state index < -0.39 is 5.97 Å². The summed E-state index contributed by atoms with van der Waals surface area (Å²) in [7, 11) is 0. The Morgan fingerprint density at radius 1 is 1.10 bits per heavy atom. The molecule has 2 aromatic heterocycles. The molecule has 1 amide bonds. The van der Waals surface area contributed by atoms with Gasteiger partial charge in [-0.05, 0) is 93.1 Å². The van der Waals surface area contributed by atoms with E-state index in [0.717, 1.165) is 35.4 Å². The number of aromatic nitrogens is 2. The van der Waals surface area contributed by atoms with Crippen molar-refractivity contribution in [2.24, 2.45) is 5.92 Å². The molecule has 10 heteroatoms. The number of amides is 1. The van der Waals surface area contributed by atoms with Gasteiger partial charge in [0.05, 0.1) is 35.6 Å². The Balaban J connectivity index is 1.43. The molecule has 0 spiro atoms. The Labute approximate surface area is 240 Å². The summed E-state index contributed by atoms with van der Waals surface area (Å²) in [4.78, 5) is 45.6. The molecule has 2 heterocycles. The molecular weight excluding hydrogens is 546 g/mol. The molecule has 1 aliphatic carbocycles. The molecule has 1 N–H and O–H groups in total. The molecule has 208 valence electrons. The largest absolute Gasteiger partial charge is 0.494 e. The quantitative estimate of drug-likeness (QED) is 0.151. The number of nitrogens with zero attached hydrogens (tertiary/aromatic N) is 2. The third-order valence-electron chi connectivity index (χ3n) is 6.72. The van der Waals surface area contributed by atoms with Crippen LogP contribution in [0.15, 0.2) is 58.5 Å². The van der Waals surface area contributed by atoms with Gasteiger partial charge in [-0.25, -0.2) is 9.78 Å². The number of hydrogen-bond acceptors (Lipinski definition) is 8. The Kier molecular flexibility index (Phi) is 8.56. The number of aryl methyl sites for hydroxylation is 1. The maximum absolute atomic E-state index is 14.0. The highest BCUT2D eigenvalue weighted by Crippen LogP contribution is 2.37. The van der Waals surface area contributed by atoms with Crippen molar-refractivity contribution in [2.45, 2.75) is 45.2 Å². The lowest BCUT2D eigenvalue weighted by molar-refractivity contribution is -0.113. The predicted octanol–water partition coefficient (Wildman–Crippen LogP) is 5.88. The fourth-order valence-electron chi connectivity index (χ4n) is 4.79. The zero-order chi connectivity index (χ0) is 28.2. The molecule has 8 nitrogen and oxygen atoms in total. The van der Waals surface area contributed by atoms with Crippen molar-refractivity contribution in [3.8, 4) is 11.4 Å². The molecule has 2 aromatic carbocycles. The average molecular weight is 578 g/mol. The van der Waals surface area contributed by atoms with Gasteiger partial charge in [0.25, 0.3) is 5.56 Å². The Morgan fingerprint density at radius 3 is 2.55 bits per heavy atom. The molecule has 0 radical (unpaired) electrons. The lowest BCUT2D eigenvalue weighted by Crippen LogP contribution is -2.23. The molecule has 40 heavy (non-hydrogen) atoms. The Morgan fingerprint density at radius 2 is 1.85 bits per heavy atom. The lowest BCUT2D eigenvalue weighted by Gasteiger charge is -2.18. The van der Waals surface area contributed by atoms with Gasteiger partial charge < -0.3 is 14.8 Å². The van der Waals surface area contributed by atoms with Crippen molar-refractivity contribution >= 4 is 50.9 Å². The second kappa shape index (κ2) is 12.3. The van der Waals surface area contributed by atoms with Crippen molar-refractivity contribution in [1.29, 1.82) is 0 Å². The van der Waals surface area contributed by atoms with E-state index in [1.807, 2.05) is 31.2 Å². The van der Waals surface area contributed by atoms with Crippen LogP contribution in [0.4, 0.5) is 5.69 Å². The zero-order valence-electron chi connectivity index (χ0n) is 22.7. The van der Waals surface area contributed by atoms with Crippen LogP contribution >= 0.6 is 23.1 Å². The van der Waals surface area contributed by atoms with Gasteiger partial charge in [0.2, 0.25) is 5.91 Å². The number of fused-ring (bicyclic) bond motifs is 3. The smallest absolute Gasteiger partial charge is 0.338 e. The summed E-state index contributed by atoms with van der Waals surface area (Å²) < 4.78 is 12.2. The van der Waals surface area contributed by atoms with E-state index in [0.29, 0.717) is 46.6 Å². The SMILES string of the molecule is CCOC(=O)c1ccc(NC(=O)CSc2nc3sc4c(c3c(=O)n2-c2ccc(OCC)cc2)CCC(C)C4)cc1. The lowest BCUT2D eigenvalue weighted by atomic mass is 9.89. The van der Waals surface area contributed by atoms with E-state index in [1.165, 1.54) is 16.6 Å². The monoisotopic (exact) mass is 577 g/mol. The van der Waals surface area contributed by atoms with E-state index in [-0.39, 0.29) is 17.2 Å². The minimum atomic E-state index is -0.408. The van der Waals surface area contributed by atoms with Crippen molar-refractivity contribution in [1.82, 2.24) is 9.55 Å². The maximum atomic E-state index is 14.0. The fourth-order valence-corrected chi connectivity index (χ4v) is 7.02. The molecule has 0 fully saturated rings. The second-order valence-corrected chi connectivity index (χ2v) is 11.7. The number of ether oxygens (including phenoxy) is 2. The summed E-state index contributed by atoms with van der Waals surface area (Å²) in [6, 6.07) is 13.9. The number of anilines is 1. The molecular formula is C30H31N3O5S2. The number of esters is 1. The van der Waals surface area contributed by atoms with Crippen molar-refractivity contribution in [2.75, 3.05) is 24.3 Å². The van der Waals surface area contributed by atoms with Crippen molar-refractivity contribution in [3.05, 3.63) is 74.9 Å². The highest BCUT2D eigenvalue weighted by atomic mass is 32.2. The summed E-state index contributed by atoms with van der Waals surface area (Å²) in [5, 5.41) is 4.00. The van der Waals surface area contributed by atoms with Crippen LogP contribution < -0.4 is 15.6 Å². The first-order valence-corrected chi connectivity index (χ1v) is 15.2. The normalized spacial score (nSPS) is 14.5. The highest BCUT2D eigenvalue weighted by Gasteiger charge is 2.25. The third-order valence-corrected chi connectivity index (χ3v) is 8.80. The van der Waals surface area contributed by atoms with Crippen LogP contribution in [0, 0.1) is 5.92 Å². The van der Waals surface area contributed by atoms with E-state index in [2.05, 4.69) is 12.2 Å². The molecule has 0 bridgehead atoms. The van der Waals surface area contributed by atoms with Gasteiger partial charge in [-0.15, -0.1) is 11.3 Å². The summed E-state index contributed by atoms with van der Waals surface area (Å²) in [5.41, 5.74) is 2.66. The number of rotatable bonds is 9. The standard InChI is InChI=1S/C30H31N3O5S2/c1-4-37-22-13-11-21(12-14-22)33-28(35)26-23-15-6-18(3)16-24(23)40-27(26)32-30(33)39-17-25(34)31-20-9-7-19(8-10-20)29(36)38-5-2/h7-14,18H,4-6,15-17H2,1-3H3,(H,31,34). The Hall–Kier alpha value is -3.63. The van der Waals surface area contributed by atoms with Gasteiger partial charge >= 0.3 is 5.97 Å². The minimum absolute atomic E-state index is 0.0523.